The summed E-state index contributed by atoms with van der Waals surface area (Å²) in [5, 5.41) is 2.07. The molecule has 2 aliphatic heterocycles. The Morgan fingerprint density at radius 3 is 2.40 bits per heavy atom. The van der Waals surface area contributed by atoms with Crippen LogP contribution in [-0.2, 0) is 14.9 Å². The van der Waals surface area contributed by atoms with Gasteiger partial charge in [-0.05, 0) is 48.8 Å². The number of likely N-dealkylation sites (N-methyl/N-ethyl adjacent to an activating group) is 1. The number of carbonyl (C=O) groups excluding carboxylic acids is 1. The second-order valence-electron chi connectivity index (χ2n) is 7.94. The summed E-state index contributed by atoms with van der Waals surface area (Å²) < 4.78 is 39.2. The second kappa shape index (κ2) is 8.81. The van der Waals surface area contributed by atoms with Crippen LogP contribution in [0.5, 0.6) is 5.75 Å². The minimum Gasteiger partial charge on any atom is -0.438 e. The lowest BCUT2D eigenvalue weighted by molar-refractivity contribution is -0.114. The summed E-state index contributed by atoms with van der Waals surface area (Å²) in [6, 6.07) is 20.2. The summed E-state index contributed by atoms with van der Waals surface area (Å²) >= 11 is 5.57. The van der Waals surface area contributed by atoms with Crippen molar-refractivity contribution in [2.45, 2.75) is 6.92 Å². The number of carbonyl (C=O) groups is 1. The smallest absolute Gasteiger partial charge is 0.283 e. The number of hydrogen-bond donors (Lipinski definition) is 1. The Morgan fingerprint density at radius 2 is 1.69 bits per heavy atom. The number of amides is 1. The van der Waals surface area contributed by atoms with Crippen molar-refractivity contribution < 1.29 is 22.5 Å². The maximum atomic E-state index is 13.3. The van der Waals surface area contributed by atoms with Crippen molar-refractivity contribution in [3.63, 3.8) is 0 Å². The third-order valence-electron chi connectivity index (χ3n) is 5.76. The number of hydrogen-bond acceptors (Lipinski definition) is 6. The van der Waals surface area contributed by atoms with Gasteiger partial charge in [0.1, 0.15) is 5.70 Å². The standard InChI is InChI=1S/C25H21N3O5S2/c1-2-26-21(24(29)28(25(26)34)18-9-4-3-5-10-18)14-15-22-27(16-35(30,31)32)20-13-12-17-8-6-7-11-19(17)23(20)33-22/h3-15H,2,16H2,1H3,(H,30,31,32)/b21-14+,22-15-. The first-order valence-electron chi connectivity index (χ1n) is 10.8. The highest BCUT2D eigenvalue weighted by atomic mass is 32.2. The van der Waals surface area contributed by atoms with Crippen LogP contribution in [0.25, 0.3) is 10.8 Å². The zero-order valence-corrected chi connectivity index (χ0v) is 20.3. The monoisotopic (exact) mass is 507 g/mol. The first kappa shape index (κ1) is 23.0. The molecule has 1 N–H and O–H groups in total. The molecular weight excluding hydrogens is 486 g/mol. The van der Waals surface area contributed by atoms with E-state index in [-0.39, 0.29) is 11.8 Å². The van der Waals surface area contributed by atoms with Gasteiger partial charge < -0.3 is 9.64 Å². The quantitative estimate of drug-likeness (QED) is 0.311. The molecule has 0 spiro atoms. The van der Waals surface area contributed by atoms with Crippen molar-refractivity contribution >= 4 is 55.5 Å². The predicted octanol–water partition coefficient (Wildman–Crippen LogP) is 4.26. The zero-order valence-electron chi connectivity index (χ0n) is 18.7. The van der Waals surface area contributed by atoms with E-state index in [1.807, 2.05) is 55.5 Å². The normalized spacial score (nSPS) is 18.2. The molecule has 8 nitrogen and oxygen atoms in total. The molecule has 0 radical (unpaired) electrons. The van der Waals surface area contributed by atoms with Crippen molar-refractivity contribution in [3.8, 4) is 5.75 Å². The van der Waals surface area contributed by atoms with Gasteiger partial charge in [-0.2, -0.15) is 8.42 Å². The Hall–Kier alpha value is -3.73. The molecule has 0 saturated carbocycles. The molecule has 0 aromatic heterocycles. The number of para-hydroxylation sites is 1. The average Bonchev–Trinajstić information content (AvgIpc) is 3.30. The fraction of sp³-hybridized carbons (Fsp3) is 0.120. The lowest BCUT2D eigenvalue weighted by Gasteiger charge is -2.18. The molecule has 0 unspecified atom stereocenters. The summed E-state index contributed by atoms with van der Waals surface area (Å²) in [4.78, 5) is 17.8. The molecule has 0 bridgehead atoms. The molecule has 1 saturated heterocycles. The van der Waals surface area contributed by atoms with Gasteiger partial charge in [-0.15, -0.1) is 0 Å². The molecule has 0 aliphatic carbocycles. The molecule has 2 aliphatic rings. The van der Waals surface area contributed by atoms with Crippen LogP contribution in [0, 0.1) is 0 Å². The van der Waals surface area contributed by atoms with Crippen molar-refractivity contribution in [1.82, 2.24) is 4.90 Å². The van der Waals surface area contributed by atoms with E-state index in [4.69, 9.17) is 17.0 Å². The number of benzene rings is 3. The molecule has 35 heavy (non-hydrogen) atoms. The molecule has 5 rings (SSSR count). The fourth-order valence-corrected chi connectivity index (χ4v) is 5.22. The summed E-state index contributed by atoms with van der Waals surface area (Å²) in [7, 11) is -4.38. The van der Waals surface area contributed by atoms with Crippen LogP contribution in [0.4, 0.5) is 11.4 Å². The third kappa shape index (κ3) is 4.16. The van der Waals surface area contributed by atoms with Gasteiger partial charge in [0.2, 0.25) is 5.88 Å². The Balaban J connectivity index is 1.57. The first-order chi connectivity index (χ1) is 16.8. The number of thiocarbonyl (C=S) groups is 1. The maximum Gasteiger partial charge on any atom is 0.283 e. The molecular formula is C25H21N3O5S2. The van der Waals surface area contributed by atoms with E-state index in [0.717, 1.165) is 10.8 Å². The second-order valence-corrected chi connectivity index (χ2v) is 9.72. The molecule has 3 aromatic rings. The third-order valence-corrected chi connectivity index (χ3v) is 6.75. The highest BCUT2D eigenvalue weighted by Gasteiger charge is 2.38. The molecule has 0 atom stereocenters. The molecule has 10 heteroatoms. The number of allylic oxidation sites excluding steroid dienone is 2. The van der Waals surface area contributed by atoms with Gasteiger partial charge in [-0.1, -0.05) is 48.5 Å². The Morgan fingerprint density at radius 1 is 0.971 bits per heavy atom. The number of rotatable bonds is 5. The Labute approximate surface area is 208 Å². The highest BCUT2D eigenvalue weighted by Crippen LogP contribution is 2.44. The van der Waals surface area contributed by atoms with Gasteiger partial charge in [0, 0.05) is 18.0 Å². The summed E-state index contributed by atoms with van der Waals surface area (Å²) in [6.45, 7) is 2.34. The van der Waals surface area contributed by atoms with Crippen LogP contribution in [-0.4, -0.2) is 41.3 Å². The minimum atomic E-state index is -4.38. The van der Waals surface area contributed by atoms with Gasteiger partial charge >= 0.3 is 0 Å². The van der Waals surface area contributed by atoms with E-state index >= 15 is 0 Å². The van der Waals surface area contributed by atoms with Crippen LogP contribution >= 0.6 is 12.2 Å². The largest absolute Gasteiger partial charge is 0.438 e. The van der Waals surface area contributed by atoms with Gasteiger partial charge in [0.05, 0.1) is 11.4 Å². The Bertz CT molecular complexity index is 1520. The van der Waals surface area contributed by atoms with Gasteiger partial charge in [0.25, 0.3) is 16.0 Å². The number of ether oxygens (including phenoxy) is 1. The summed E-state index contributed by atoms with van der Waals surface area (Å²) in [6.07, 6.45) is 3.08. The molecule has 1 amide bonds. The topological polar surface area (TPSA) is 90.4 Å². The maximum absolute atomic E-state index is 13.3. The highest BCUT2D eigenvalue weighted by molar-refractivity contribution is 7.85. The van der Waals surface area contributed by atoms with Gasteiger partial charge in [-0.25, -0.2) is 0 Å². The number of fused-ring (bicyclic) bond motifs is 3. The first-order valence-corrected chi connectivity index (χ1v) is 12.9. The van der Waals surface area contributed by atoms with Crippen molar-refractivity contribution in [2.24, 2.45) is 0 Å². The fourth-order valence-electron chi connectivity index (χ4n) is 4.21. The van der Waals surface area contributed by atoms with Crippen LogP contribution in [0.2, 0.25) is 0 Å². The van der Waals surface area contributed by atoms with Crippen LogP contribution in [0.15, 0.2) is 90.5 Å². The predicted molar refractivity (Wildman–Crippen MR) is 139 cm³/mol. The van der Waals surface area contributed by atoms with Gasteiger partial charge in [0.15, 0.2) is 16.7 Å². The van der Waals surface area contributed by atoms with Crippen molar-refractivity contribution in [2.75, 3.05) is 22.2 Å². The summed E-state index contributed by atoms with van der Waals surface area (Å²) in [5.74, 6) is -0.368. The average molecular weight is 508 g/mol. The van der Waals surface area contributed by atoms with Crippen LogP contribution < -0.4 is 14.5 Å². The lowest BCUT2D eigenvalue weighted by atomic mass is 10.1. The van der Waals surface area contributed by atoms with E-state index < -0.39 is 16.0 Å². The molecule has 2 heterocycles. The van der Waals surface area contributed by atoms with E-state index in [2.05, 4.69) is 0 Å². The van der Waals surface area contributed by atoms with Crippen molar-refractivity contribution in [1.29, 1.82) is 0 Å². The van der Waals surface area contributed by atoms with E-state index in [9.17, 15) is 17.8 Å². The lowest BCUT2D eigenvalue weighted by Crippen LogP contribution is -2.32. The van der Waals surface area contributed by atoms with E-state index in [1.54, 1.807) is 29.2 Å². The van der Waals surface area contributed by atoms with E-state index in [0.29, 0.717) is 34.5 Å². The minimum absolute atomic E-state index is 0.161. The summed E-state index contributed by atoms with van der Waals surface area (Å²) in [5.41, 5.74) is 1.48. The molecule has 178 valence electrons. The van der Waals surface area contributed by atoms with E-state index in [1.165, 1.54) is 15.9 Å². The SMILES string of the molecule is CCN1C(=S)N(c2ccccc2)C(=O)/C1=C\C=C1/Oc2c(ccc3ccccc23)N1CS(=O)(=O)O. The van der Waals surface area contributed by atoms with Crippen molar-refractivity contribution in [3.05, 3.63) is 90.5 Å². The van der Waals surface area contributed by atoms with Crippen LogP contribution in [0.1, 0.15) is 6.92 Å². The molecule has 3 aromatic carbocycles. The Kier molecular flexibility index (Phi) is 5.79. The number of anilines is 2. The van der Waals surface area contributed by atoms with Crippen LogP contribution in [0.3, 0.4) is 0 Å². The number of nitrogens with zero attached hydrogens (tertiary/aromatic N) is 3. The molecule has 1 fully saturated rings. The zero-order chi connectivity index (χ0) is 24.7. The van der Waals surface area contributed by atoms with Gasteiger partial charge in [-0.3, -0.25) is 19.1 Å².